The first-order valence-corrected chi connectivity index (χ1v) is 5.63. The van der Waals surface area contributed by atoms with Crippen molar-refractivity contribution >= 4 is 40.9 Å². The van der Waals surface area contributed by atoms with Gasteiger partial charge in [-0.1, -0.05) is 23.2 Å². The summed E-state index contributed by atoms with van der Waals surface area (Å²) in [5.74, 6) is -0.230. The highest BCUT2D eigenvalue weighted by Gasteiger charge is 2.05. The number of amides is 1. The number of hydrogen-bond acceptors (Lipinski definition) is 3. The Morgan fingerprint density at radius 3 is 2.93 bits per heavy atom. The Balaban J connectivity index is 2.61. The van der Waals surface area contributed by atoms with Crippen LogP contribution in [0.15, 0.2) is 23.1 Å². The molecule has 0 spiro atoms. The van der Waals surface area contributed by atoms with Crippen molar-refractivity contribution in [1.29, 1.82) is 5.26 Å². The molecule has 0 unspecified atom stereocenters. The van der Waals surface area contributed by atoms with Crippen molar-refractivity contribution < 1.29 is 4.79 Å². The van der Waals surface area contributed by atoms with Gasteiger partial charge in [0.15, 0.2) is 6.19 Å². The molecule has 1 N–H and O–H groups in total. The lowest BCUT2D eigenvalue weighted by Gasteiger charge is -2.02. The Labute approximate surface area is 101 Å². The predicted octanol–water partition coefficient (Wildman–Crippen LogP) is 2.68. The molecule has 0 aromatic heterocycles. The number of thioether (sulfide) groups is 1. The van der Waals surface area contributed by atoms with Crippen LogP contribution < -0.4 is 5.32 Å². The molecular formula is C9H6Cl2N2OS. The van der Waals surface area contributed by atoms with Gasteiger partial charge in [0, 0.05) is 9.92 Å². The summed E-state index contributed by atoms with van der Waals surface area (Å²) in [7, 11) is 0. The van der Waals surface area contributed by atoms with Gasteiger partial charge in [0.2, 0.25) is 5.91 Å². The average Bonchev–Trinajstić information content (AvgIpc) is 2.20. The molecule has 0 bridgehead atoms. The maximum absolute atomic E-state index is 11.0. The molecule has 0 heterocycles. The van der Waals surface area contributed by atoms with E-state index in [9.17, 15) is 4.79 Å². The number of benzene rings is 1. The third-order valence-corrected chi connectivity index (χ3v) is 3.18. The van der Waals surface area contributed by atoms with E-state index in [2.05, 4.69) is 0 Å². The van der Waals surface area contributed by atoms with Gasteiger partial charge in [-0.3, -0.25) is 10.1 Å². The summed E-state index contributed by atoms with van der Waals surface area (Å²) in [6.45, 7) is 0. The fourth-order valence-corrected chi connectivity index (χ4v) is 2.12. The third kappa shape index (κ3) is 4.00. The summed E-state index contributed by atoms with van der Waals surface area (Å²) in [5, 5.41) is 11.3. The number of carbonyl (C=O) groups excluding carboxylic acids is 1. The van der Waals surface area contributed by atoms with Gasteiger partial charge in [-0.15, -0.1) is 11.8 Å². The van der Waals surface area contributed by atoms with Crippen LogP contribution in [0.1, 0.15) is 0 Å². The molecule has 0 atom stereocenters. The Hall–Kier alpha value is -0.890. The maximum atomic E-state index is 11.0. The highest BCUT2D eigenvalue weighted by Crippen LogP contribution is 2.29. The van der Waals surface area contributed by atoms with Crippen molar-refractivity contribution in [3.05, 3.63) is 28.2 Å². The molecular weight excluding hydrogens is 255 g/mol. The zero-order chi connectivity index (χ0) is 11.3. The van der Waals surface area contributed by atoms with Crippen LogP contribution in [0.5, 0.6) is 0 Å². The van der Waals surface area contributed by atoms with E-state index in [-0.39, 0.29) is 11.7 Å². The molecule has 0 saturated heterocycles. The summed E-state index contributed by atoms with van der Waals surface area (Å²) >= 11 is 12.9. The second kappa shape index (κ2) is 5.86. The molecule has 3 nitrogen and oxygen atoms in total. The molecule has 0 aliphatic carbocycles. The van der Waals surface area contributed by atoms with Crippen LogP contribution >= 0.6 is 35.0 Å². The van der Waals surface area contributed by atoms with Crippen molar-refractivity contribution in [3.63, 3.8) is 0 Å². The number of nitrogens with zero attached hydrogens (tertiary/aromatic N) is 1. The fraction of sp³-hybridized carbons (Fsp3) is 0.111. The smallest absolute Gasteiger partial charge is 0.243 e. The van der Waals surface area contributed by atoms with Gasteiger partial charge in [-0.2, -0.15) is 5.26 Å². The number of nitrogens with one attached hydrogen (secondary N) is 1. The largest absolute Gasteiger partial charge is 0.273 e. The minimum atomic E-state index is -0.362. The predicted molar refractivity (Wildman–Crippen MR) is 60.9 cm³/mol. The summed E-state index contributed by atoms with van der Waals surface area (Å²) < 4.78 is 0. The fourth-order valence-electron chi connectivity index (χ4n) is 0.830. The number of hydrogen-bond donors (Lipinski definition) is 1. The Morgan fingerprint density at radius 2 is 2.27 bits per heavy atom. The number of nitriles is 1. The molecule has 0 saturated carbocycles. The first-order valence-electron chi connectivity index (χ1n) is 3.89. The van der Waals surface area contributed by atoms with Gasteiger partial charge in [-0.25, -0.2) is 0 Å². The molecule has 15 heavy (non-hydrogen) atoms. The SMILES string of the molecule is N#CNC(=O)CSc1cc(Cl)ccc1Cl. The summed E-state index contributed by atoms with van der Waals surface area (Å²) in [6.07, 6.45) is 1.56. The van der Waals surface area contributed by atoms with E-state index >= 15 is 0 Å². The summed E-state index contributed by atoms with van der Waals surface area (Å²) in [6, 6.07) is 5.01. The minimum Gasteiger partial charge on any atom is -0.273 e. The van der Waals surface area contributed by atoms with Gasteiger partial charge in [0.05, 0.1) is 10.8 Å². The quantitative estimate of drug-likeness (QED) is 0.517. The van der Waals surface area contributed by atoms with Gasteiger partial charge < -0.3 is 0 Å². The monoisotopic (exact) mass is 260 g/mol. The average molecular weight is 261 g/mol. The van der Waals surface area contributed by atoms with Crippen LogP contribution in [0.3, 0.4) is 0 Å². The Kier molecular flexibility index (Phi) is 4.76. The highest BCUT2D eigenvalue weighted by molar-refractivity contribution is 8.00. The zero-order valence-corrected chi connectivity index (χ0v) is 9.79. The molecule has 1 amide bonds. The zero-order valence-electron chi connectivity index (χ0n) is 7.46. The minimum absolute atomic E-state index is 0.133. The standard InChI is InChI=1S/C9H6Cl2N2OS/c10-6-1-2-7(11)8(3-6)15-4-9(14)13-5-12/h1-3H,4H2,(H,13,14). The number of carbonyl (C=O) groups is 1. The lowest BCUT2D eigenvalue weighted by atomic mass is 10.4. The molecule has 78 valence electrons. The maximum Gasteiger partial charge on any atom is 0.243 e. The molecule has 1 rings (SSSR count). The van der Waals surface area contributed by atoms with Crippen LogP contribution in [-0.2, 0) is 4.79 Å². The van der Waals surface area contributed by atoms with Gasteiger partial charge in [0.1, 0.15) is 0 Å². The first-order chi connectivity index (χ1) is 7.13. The first kappa shape index (κ1) is 12.2. The second-order valence-corrected chi connectivity index (χ2v) is 4.38. The van der Waals surface area contributed by atoms with Crippen LogP contribution in [-0.4, -0.2) is 11.7 Å². The lowest BCUT2D eigenvalue weighted by Crippen LogP contribution is -2.19. The Bertz CT molecular complexity index is 417. The van der Waals surface area contributed by atoms with Crippen LogP contribution in [0.25, 0.3) is 0 Å². The van der Waals surface area contributed by atoms with Crippen molar-refractivity contribution in [2.75, 3.05) is 5.75 Å². The van der Waals surface area contributed by atoms with Crippen molar-refractivity contribution in [2.24, 2.45) is 0 Å². The summed E-state index contributed by atoms with van der Waals surface area (Å²) in [4.78, 5) is 11.7. The van der Waals surface area contributed by atoms with Crippen molar-refractivity contribution in [3.8, 4) is 6.19 Å². The van der Waals surface area contributed by atoms with E-state index in [1.165, 1.54) is 11.8 Å². The van der Waals surface area contributed by atoms with Crippen LogP contribution in [0.2, 0.25) is 10.0 Å². The van der Waals surface area contributed by atoms with E-state index in [4.69, 9.17) is 28.5 Å². The molecule has 0 aliphatic rings. The van der Waals surface area contributed by atoms with Gasteiger partial charge in [-0.05, 0) is 18.2 Å². The van der Waals surface area contributed by atoms with E-state index in [1.807, 2.05) is 5.32 Å². The molecule has 1 aromatic rings. The Morgan fingerprint density at radius 1 is 1.53 bits per heavy atom. The van der Waals surface area contributed by atoms with Crippen LogP contribution in [0.4, 0.5) is 0 Å². The topological polar surface area (TPSA) is 52.9 Å². The van der Waals surface area contributed by atoms with Crippen molar-refractivity contribution in [1.82, 2.24) is 5.32 Å². The molecule has 6 heteroatoms. The van der Waals surface area contributed by atoms with Crippen LogP contribution in [0, 0.1) is 11.5 Å². The normalized spacial score (nSPS) is 9.40. The van der Waals surface area contributed by atoms with E-state index in [0.717, 1.165) is 4.90 Å². The molecule has 1 aromatic carbocycles. The van der Waals surface area contributed by atoms with Gasteiger partial charge >= 0.3 is 0 Å². The molecule has 0 fully saturated rings. The second-order valence-electron chi connectivity index (χ2n) is 2.52. The van der Waals surface area contributed by atoms with Crippen molar-refractivity contribution in [2.45, 2.75) is 4.90 Å². The van der Waals surface area contributed by atoms with Gasteiger partial charge in [0.25, 0.3) is 0 Å². The number of halogens is 2. The van der Waals surface area contributed by atoms with E-state index < -0.39 is 0 Å². The summed E-state index contributed by atoms with van der Waals surface area (Å²) in [5.41, 5.74) is 0. The molecule has 0 radical (unpaired) electrons. The lowest BCUT2D eigenvalue weighted by molar-refractivity contribution is -0.117. The number of rotatable bonds is 3. The van der Waals surface area contributed by atoms with E-state index in [0.29, 0.717) is 10.0 Å². The molecule has 0 aliphatic heterocycles. The highest BCUT2D eigenvalue weighted by atomic mass is 35.5. The van der Waals surface area contributed by atoms with E-state index in [1.54, 1.807) is 24.4 Å². The third-order valence-electron chi connectivity index (χ3n) is 1.45.